The van der Waals surface area contributed by atoms with Crippen molar-refractivity contribution in [2.75, 3.05) is 5.75 Å². The maximum absolute atomic E-state index is 12.5. The van der Waals surface area contributed by atoms with Gasteiger partial charge >= 0.3 is 0 Å². The van der Waals surface area contributed by atoms with Crippen molar-refractivity contribution in [3.05, 3.63) is 64.7 Å². The van der Waals surface area contributed by atoms with Crippen LogP contribution in [-0.4, -0.2) is 21.9 Å². The normalized spacial score (nSPS) is 15.8. The molecule has 0 saturated heterocycles. The Morgan fingerprint density at radius 3 is 2.93 bits per heavy atom. The second-order valence-corrected chi connectivity index (χ2v) is 9.47. The first-order valence-electron chi connectivity index (χ1n) is 9.70. The molecule has 5 nitrogen and oxygen atoms in total. The summed E-state index contributed by atoms with van der Waals surface area (Å²) < 4.78 is 6.83. The van der Waals surface area contributed by atoms with Crippen molar-refractivity contribution in [3.8, 4) is 10.8 Å². The average molecular weight is 456 g/mol. The monoisotopic (exact) mass is 455 g/mol. The number of carbonyl (C=O) groups is 1. The minimum Gasteiger partial charge on any atom is -0.410 e. The molecular weight excluding hydrogens is 438 g/mol. The van der Waals surface area contributed by atoms with Gasteiger partial charge in [-0.25, -0.2) is 0 Å². The van der Waals surface area contributed by atoms with Crippen LogP contribution in [0.1, 0.15) is 30.0 Å². The minimum atomic E-state index is -0.0404. The first kappa shape index (κ1) is 19.6. The second-order valence-electron chi connectivity index (χ2n) is 7.11. The van der Waals surface area contributed by atoms with Crippen LogP contribution in [0.25, 0.3) is 20.9 Å². The molecule has 0 bridgehead atoms. The summed E-state index contributed by atoms with van der Waals surface area (Å²) >= 11 is 9.24. The number of benzene rings is 2. The fourth-order valence-corrected chi connectivity index (χ4v) is 5.79. The van der Waals surface area contributed by atoms with E-state index in [1.807, 2.05) is 30.3 Å². The largest absolute Gasteiger partial charge is 0.410 e. The van der Waals surface area contributed by atoms with Gasteiger partial charge in [-0.1, -0.05) is 65.8 Å². The topological polar surface area (TPSA) is 68.0 Å². The number of fused-ring (bicyclic) bond motifs is 2. The number of halogens is 1. The third-order valence-electron chi connectivity index (χ3n) is 5.17. The molecule has 0 fully saturated rings. The maximum Gasteiger partial charge on any atom is 0.277 e. The highest BCUT2D eigenvalue weighted by Crippen LogP contribution is 2.41. The molecule has 1 N–H and O–H groups in total. The van der Waals surface area contributed by atoms with E-state index < -0.39 is 0 Å². The number of hydrogen-bond donors (Lipinski definition) is 1. The number of rotatable bonds is 5. The predicted molar refractivity (Wildman–Crippen MR) is 121 cm³/mol. The molecule has 1 unspecified atom stereocenters. The van der Waals surface area contributed by atoms with Crippen LogP contribution >= 0.6 is 34.7 Å². The second kappa shape index (κ2) is 8.41. The van der Waals surface area contributed by atoms with Gasteiger partial charge in [-0.2, -0.15) is 0 Å². The third kappa shape index (κ3) is 3.85. The molecule has 5 rings (SSSR count). The molecule has 0 spiro atoms. The standard InChI is InChI=1S/C22H18ClN3O2S2/c23-19-15-9-3-4-11-17(15)30-20(19)21-25-26-22(28-21)29-12-18(27)24-16-10-5-7-13-6-1-2-8-14(13)16/h1-4,6,8-9,11,16H,5,7,10,12H2,(H,24,27). The van der Waals surface area contributed by atoms with Crippen LogP contribution in [0.5, 0.6) is 0 Å². The van der Waals surface area contributed by atoms with Gasteiger partial charge in [0, 0.05) is 10.1 Å². The van der Waals surface area contributed by atoms with Gasteiger partial charge in [0.2, 0.25) is 5.91 Å². The molecule has 1 amide bonds. The Morgan fingerprint density at radius 1 is 1.20 bits per heavy atom. The molecule has 2 aromatic carbocycles. The lowest BCUT2D eigenvalue weighted by molar-refractivity contribution is -0.119. The molecule has 4 aromatic rings. The van der Waals surface area contributed by atoms with E-state index in [1.54, 1.807) is 0 Å². The predicted octanol–water partition coefficient (Wildman–Crippen LogP) is 5.89. The minimum absolute atomic E-state index is 0.0404. The van der Waals surface area contributed by atoms with Crippen LogP contribution in [0.2, 0.25) is 5.02 Å². The van der Waals surface area contributed by atoms with Gasteiger partial charge < -0.3 is 9.73 Å². The average Bonchev–Trinajstić information content (AvgIpc) is 3.37. The SMILES string of the molecule is O=C(CSc1nnc(-c2sc3ccccc3c2Cl)o1)NC1CCCc2ccccc21. The summed E-state index contributed by atoms with van der Waals surface area (Å²) in [4.78, 5) is 13.3. The van der Waals surface area contributed by atoms with Crippen molar-refractivity contribution in [1.29, 1.82) is 0 Å². The fourth-order valence-electron chi connectivity index (χ4n) is 3.78. The highest BCUT2D eigenvalue weighted by atomic mass is 35.5. The molecule has 30 heavy (non-hydrogen) atoms. The summed E-state index contributed by atoms with van der Waals surface area (Å²) in [5.74, 6) is 0.562. The lowest BCUT2D eigenvalue weighted by atomic mass is 9.88. The van der Waals surface area contributed by atoms with Crippen molar-refractivity contribution < 1.29 is 9.21 Å². The Labute approximate surface area is 186 Å². The number of carbonyl (C=O) groups excluding carboxylic acids is 1. The number of thioether (sulfide) groups is 1. The zero-order chi connectivity index (χ0) is 20.5. The Bertz CT molecular complexity index is 1220. The zero-order valence-electron chi connectivity index (χ0n) is 15.9. The van der Waals surface area contributed by atoms with E-state index in [4.69, 9.17) is 16.0 Å². The molecule has 8 heteroatoms. The van der Waals surface area contributed by atoms with E-state index in [0.29, 0.717) is 16.1 Å². The van der Waals surface area contributed by atoms with Crippen LogP contribution in [0, 0.1) is 0 Å². The van der Waals surface area contributed by atoms with Crippen molar-refractivity contribution in [2.45, 2.75) is 30.5 Å². The Morgan fingerprint density at radius 2 is 2.03 bits per heavy atom. The van der Waals surface area contributed by atoms with Crippen LogP contribution in [0.15, 0.2) is 58.2 Å². The van der Waals surface area contributed by atoms with Crippen molar-refractivity contribution >= 4 is 50.7 Å². The highest BCUT2D eigenvalue weighted by molar-refractivity contribution is 7.99. The van der Waals surface area contributed by atoms with E-state index in [-0.39, 0.29) is 17.7 Å². The van der Waals surface area contributed by atoms with Crippen LogP contribution in [-0.2, 0) is 11.2 Å². The Balaban J connectivity index is 1.24. The van der Waals surface area contributed by atoms with Gasteiger partial charge in [0.25, 0.3) is 11.1 Å². The van der Waals surface area contributed by atoms with Crippen LogP contribution in [0.3, 0.4) is 0 Å². The van der Waals surface area contributed by atoms with E-state index in [1.165, 1.54) is 34.2 Å². The van der Waals surface area contributed by atoms with Gasteiger partial charge in [-0.15, -0.1) is 21.5 Å². The zero-order valence-corrected chi connectivity index (χ0v) is 18.3. The molecule has 1 aliphatic carbocycles. The summed E-state index contributed by atoms with van der Waals surface area (Å²) in [6.45, 7) is 0. The molecule has 0 aliphatic heterocycles. The molecule has 0 radical (unpaired) electrons. The summed E-state index contributed by atoms with van der Waals surface area (Å²) in [7, 11) is 0. The molecule has 152 valence electrons. The van der Waals surface area contributed by atoms with E-state index >= 15 is 0 Å². The molecule has 2 aromatic heterocycles. The van der Waals surface area contributed by atoms with Gasteiger partial charge in [0.1, 0.15) is 4.88 Å². The molecule has 1 aliphatic rings. The molecule has 2 heterocycles. The first-order chi connectivity index (χ1) is 14.7. The molecular formula is C22H18ClN3O2S2. The summed E-state index contributed by atoms with van der Waals surface area (Å²) in [5, 5.41) is 13.3. The number of hydrogen-bond acceptors (Lipinski definition) is 6. The lowest BCUT2D eigenvalue weighted by Gasteiger charge is -2.26. The maximum atomic E-state index is 12.5. The number of aryl methyl sites for hydroxylation is 1. The van der Waals surface area contributed by atoms with E-state index in [0.717, 1.165) is 34.2 Å². The lowest BCUT2D eigenvalue weighted by Crippen LogP contribution is -2.32. The fraction of sp³-hybridized carbons (Fsp3) is 0.227. The summed E-state index contributed by atoms with van der Waals surface area (Å²) in [5.41, 5.74) is 2.55. The number of nitrogens with zero attached hydrogens (tertiary/aromatic N) is 2. The number of thiophene rings is 1. The van der Waals surface area contributed by atoms with Gasteiger partial charge in [0.05, 0.1) is 16.8 Å². The third-order valence-corrected chi connectivity index (χ3v) is 7.65. The Hall–Kier alpha value is -2.35. The molecule has 0 saturated carbocycles. The van der Waals surface area contributed by atoms with Crippen molar-refractivity contribution in [1.82, 2.24) is 15.5 Å². The van der Waals surface area contributed by atoms with Crippen molar-refractivity contribution in [3.63, 3.8) is 0 Å². The number of nitrogens with one attached hydrogen (secondary N) is 1. The van der Waals surface area contributed by atoms with E-state index in [9.17, 15) is 4.79 Å². The number of aromatic nitrogens is 2. The van der Waals surface area contributed by atoms with Crippen LogP contribution < -0.4 is 5.32 Å². The van der Waals surface area contributed by atoms with Gasteiger partial charge in [0.15, 0.2) is 0 Å². The van der Waals surface area contributed by atoms with Crippen LogP contribution in [0.4, 0.5) is 0 Å². The van der Waals surface area contributed by atoms with Gasteiger partial charge in [-0.05, 0) is 36.5 Å². The highest BCUT2D eigenvalue weighted by Gasteiger charge is 2.22. The summed E-state index contributed by atoms with van der Waals surface area (Å²) in [6.07, 6.45) is 3.11. The smallest absolute Gasteiger partial charge is 0.277 e. The number of amides is 1. The van der Waals surface area contributed by atoms with Gasteiger partial charge in [-0.3, -0.25) is 4.79 Å². The quantitative estimate of drug-likeness (QED) is 0.380. The van der Waals surface area contributed by atoms with E-state index in [2.05, 4.69) is 33.7 Å². The summed E-state index contributed by atoms with van der Waals surface area (Å²) in [6, 6.07) is 16.3. The van der Waals surface area contributed by atoms with Crippen molar-refractivity contribution in [2.24, 2.45) is 0 Å². The Kier molecular flexibility index (Phi) is 5.50. The first-order valence-corrected chi connectivity index (χ1v) is 11.9. The molecule has 1 atom stereocenters.